The highest BCUT2D eigenvalue weighted by molar-refractivity contribution is 9.10. The molecule has 1 unspecified atom stereocenters. The van der Waals surface area contributed by atoms with Crippen LogP contribution in [0.25, 0.3) is 0 Å². The van der Waals surface area contributed by atoms with Crippen molar-refractivity contribution in [3.05, 3.63) is 69.3 Å². The van der Waals surface area contributed by atoms with Crippen LogP contribution in [-0.4, -0.2) is 35.3 Å². The van der Waals surface area contributed by atoms with Crippen molar-refractivity contribution in [1.82, 2.24) is 0 Å². The summed E-state index contributed by atoms with van der Waals surface area (Å²) in [5.41, 5.74) is 3.65. The topological polar surface area (TPSA) is 85.2 Å². The Morgan fingerprint density at radius 2 is 1.79 bits per heavy atom. The lowest BCUT2D eigenvalue weighted by atomic mass is 9.66. The molecule has 0 aromatic heterocycles. The Bertz CT molecular complexity index is 1280. The molecular weight excluding hydrogens is 546 g/mol. The van der Waals surface area contributed by atoms with Crippen LogP contribution in [0, 0.1) is 5.92 Å². The molecule has 2 aliphatic carbocycles. The van der Waals surface area contributed by atoms with E-state index in [1.54, 1.807) is 12.1 Å². The van der Waals surface area contributed by atoms with Crippen LogP contribution in [0.15, 0.2) is 63.2 Å². The van der Waals surface area contributed by atoms with Crippen LogP contribution in [0.2, 0.25) is 0 Å². The number of phenols is 1. The van der Waals surface area contributed by atoms with E-state index in [0.29, 0.717) is 40.9 Å². The molecule has 6 nitrogen and oxygen atoms in total. The first-order valence-electron chi connectivity index (χ1n) is 13.6. The van der Waals surface area contributed by atoms with Crippen molar-refractivity contribution >= 4 is 33.4 Å². The van der Waals surface area contributed by atoms with Gasteiger partial charge in [-0.15, -0.1) is 0 Å². The molecule has 2 aromatic carbocycles. The summed E-state index contributed by atoms with van der Waals surface area (Å²) in [6, 6.07) is 13.6. The van der Waals surface area contributed by atoms with Crippen molar-refractivity contribution in [2.75, 3.05) is 6.61 Å². The zero-order chi connectivity index (χ0) is 26.8. The fourth-order valence-corrected chi connectivity index (χ4v) is 6.66. The van der Waals surface area contributed by atoms with E-state index in [1.165, 1.54) is 0 Å². The number of carbonyl (C=O) groups excluding carboxylic acids is 2. The number of phenolic OH excluding ortho intramolecular Hbond substituents is 1. The van der Waals surface area contributed by atoms with Gasteiger partial charge in [0.2, 0.25) is 0 Å². The Balaban J connectivity index is 1.58. The molecule has 0 saturated heterocycles. The molecule has 200 valence electrons. The van der Waals surface area contributed by atoms with Crippen molar-refractivity contribution in [3.8, 4) is 11.5 Å². The van der Waals surface area contributed by atoms with Gasteiger partial charge in [-0.25, -0.2) is 4.79 Å². The van der Waals surface area contributed by atoms with Crippen LogP contribution < -0.4 is 4.74 Å². The molecule has 2 aromatic rings. The van der Waals surface area contributed by atoms with E-state index in [1.807, 2.05) is 32.0 Å². The van der Waals surface area contributed by atoms with E-state index in [0.717, 1.165) is 48.9 Å². The van der Waals surface area contributed by atoms with Gasteiger partial charge >= 0.3 is 5.97 Å². The molecule has 2 saturated carbocycles. The van der Waals surface area contributed by atoms with Gasteiger partial charge in [0, 0.05) is 23.7 Å². The first-order chi connectivity index (χ1) is 18.4. The summed E-state index contributed by atoms with van der Waals surface area (Å²) in [6.45, 7) is 4.05. The molecule has 0 amide bonds. The molecule has 38 heavy (non-hydrogen) atoms. The van der Waals surface area contributed by atoms with E-state index < -0.39 is 17.8 Å². The highest BCUT2D eigenvalue weighted by Crippen LogP contribution is 2.48. The molecule has 0 spiro atoms. The van der Waals surface area contributed by atoms with Crippen LogP contribution in [0.4, 0.5) is 0 Å². The summed E-state index contributed by atoms with van der Waals surface area (Å²) in [5.74, 6) is -1.13. The number of halogens is 1. The lowest BCUT2D eigenvalue weighted by molar-refractivity contribution is -0.146. The number of carbonyl (C=O) groups is 2. The molecule has 0 bridgehead atoms. The van der Waals surface area contributed by atoms with E-state index >= 15 is 0 Å². The molecule has 7 heteroatoms. The fraction of sp³-hybridized carbons (Fsp3) is 0.452. The summed E-state index contributed by atoms with van der Waals surface area (Å²) < 4.78 is 12.2. The molecule has 2 fully saturated rings. The number of hydrogen-bond donors (Lipinski definition) is 1. The first kappa shape index (κ1) is 26.7. The predicted octanol–water partition coefficient (Wildman–Crippen LogP) is 7.00. The summed E-state index contributed by atoms with van der Waals surface area (Å²) in [6.07, 6.45) is 5.89. The second-order valence-electron chi connectivity index (χ2n) is 10.5. The van der Waals surface area contributed by atoms with Gasteiger partial charge in [-0.2, -0.15) is 0 Å². The minimum atomic E-state index is -0.571. The highest BCUT2D eigenvalue weighted by Gasteiger charge is 2.46. The van der Waals surface area contributed by atoms with E-state index in [2.05, 4.69) is 28.1 Å². The van der Waals surface area contributed by atoms with Crippen LogP contribution >= 0.6 is 15.9 Å². The van der Waals surface area contributed by atoms with Gasteiger partial charge in [-0.05, 0) is 91.1 Å². The average Bonchev–Trinajstić information content (AvgIpc) is 2.91. The van der Waals surface area contributed by atoms with Crippen LogP contribution in [0.1, 0.15) is 81.8 Å². The molecule has 1 N–H and O–H groups in total. The van der Waals surface area contributed by atoms with Crippen molar-refractivity contribution < 1.29 is 24.2 Å². The minimum Gasteiger partial charge on any atom is -0.503 e. The highest BCUT2D eigenvalue weighted by atomic mass is 79.9. The number of fused-ring (bicyclic) bond motifs is 1. The third-order valence-corrected chi connectivity index (χ3v) is 8.59. The van der Waals surface area contributed by atoms with Crippen LogP contribution in [0.3, 0.4) is 0 Å². The number of ether oxygens (including phenoxy) is 2. The largest absolute Gasteiger partial charge is 0.503 e. The molecule has 3 aliphatic rings. The maximum absolute atomic E-state index is 13.9. The van der Waals surface area contributed by atoms with Crippen LogP contribution in [-0.2, 0) is 14.3 Å². The number of rotatable bonds is 6. The Morgan fingerprint density at radius 3 is 2.50 bits per heavy atom. The Hall–Kier alpha value is -2.93. The van der Waals surface area contributed by atoms with Crippen molar-refractivity contribution in [2.24, 2.45) is 10.9 Å². The Morgan fingerprint density at radius 1 is 1.05 bits per heavy atom. The normalized spacial score (nSPS) is 24.0. The monoisotopic (exact) mass is 579 g/mol. The van der Waals surface area contributed by atoms with Crippen molar-refractivity contribution in [1.29, 1.82) is 0 Å². The predicted molar refractivity (Wildman–Crippen MR) is 150 cm³/mol. The molecule has 0 radical (unpaired) electrons. The number of Topliss-reactive ketones (excluding diaryl/α,β-unsaturated/α-hetero) is 1. The summed E-state index contributed by atoms with van der Waals surface area (Å²) >= 11 is 3.45. The zero-order valence-electron chi connectivity index (χ0n) is 21.9. The number of aromatic hydroxyl groups is 1. The number of allylic oxidation sites excluding steroid dienone is 1. The molecular formula is C31H34BrNO5. The number of nitrogens with zero attached hydrogens (tertiary/aromatic N) is 1. The number of benzene rings is 2. The molecule has 1 heterocycles. The van der Waals surface area contributed by atoms with Gasteiger partial charge in [0.25, 0.3) is 0 Å². The van der Waals surface area contributed by atoms with Crippen molar-refractivity contribution in [2.45, 2.75) is 76.7 Å². The summed E-state index contributed by atoms with van der Waals surface area (Å²) in [5, 5.41) is 10.6. The van der Waals surface area contributed by atoms with Gasteiger partial charge in [0.15, 0.2) is 11.5 Å². The van der Waals surface area contributed by atoms with E-state index in [4.69, 9.17) is 14.5 Å². The Kier molecular flexibility index (Phi) is 8.03. The molecule has 1 aliphatic heterocycles. The maximum atomic E-state index is 13.9. The lowest BCUT2D eigenvalue weighted by Gasteiger charge is -2.38. The second kappa shape index (κ2) is 11.4. The number of hydrogen-bond acceptors (Lipinski definition) is 6. The van der Waals surface area contributed by atoms with Crippen molar-refractivity contribution in [3.63, 3.8) is 0 Å². The second-order valence-corrected chi connectivity index (χ2v) is 11.3. The number of aliphatic imine (C=N–C) groups is 1. The van der Waals surface area contributed by atoms with Gasteiger partial charge in [0.05, 0.1) is 22.6 Å². The number of ketones is 1. The standard InChI is InChI=1S/C31H34BrNO5/c1-3-37-26-17-21(14-23(32)30(26)35)28-27(31(36)38-22-12-8-5-9-13-22)18(2)33-24-15-20(16-25(34)29(24)28)19-10-6-4-7-11-19/h4,6-7,10-11,14,17,20,22,28-29,35H,3,5,8-9,12-13,15-16H2,1-2H3/t20-,28-,29?/m0/s1. The average molecular weight is 581 g/mol. The minimum absolute atomic E-state index is 0.00792. The van der Waals surface area contributed by atoms with Crippen LogP contribution in [0.5, 0.6) is 11.5 Å². The van der Waals surface area contributed by atoms with Gasteiger partial charge < -0.3 is 14.6 Å². The SMILES string of the molecule is CCOc1cc([C@H]2C(C(=O)OC3CCCCC3)=C(C)N=C3C[C@H](c4ccccc4)CC(=O)C32)cc(Br)c1O. The zero-order valence-corrected chi connectivity index (χ0v) is 23.5. The molecule has 5 rings (SSSR count). The van der Waals surface area contributed by atoms with E-state index in [-0.39, 0.29) is 23.6 Å². The third-order valence-electron chi connectivity index (χ3n) is 7.98. The Labute approximate surface area is 232 Å². The van der Waals surface area contributed by atoms with E-state index in [9.17, 15) is 14.7 Å². The lowest BCUT2D eigenvalue weighted by Crippen LogP contribution is -2.41. The smallest absolute Gasteiger partial charge is 0.336 e. The third kappa shape index (κ3) is 5.31. The number of esters is 1. The van der Waals surface area contributed by atoms with Gasteiger partial charge in [-0.1, -0.05) is 36.8 Å². The van der Waals surface area contributed by atoms with Gasteiger partial charge in [0.1, 0.15) is 11.9 Å². The fourth-order valence-electron chi connectivity index (χ4n) is 6.20. The summed E-state index contributed by atoms with van der Waals surface area (Å²) in [4.78, 5) is 32.5. The summed E-state index contributed by atoms with van der Waals surface area (Å²) in [7, 11) is 0. The maximum Gasteiger partial charge on any atom is 0.336 e. The molecule has 3 atom stereocenters. The van der Waals surface area contributed by atoms with Gasteiger partial charge in [-0.3, -0.25) is 9.79 Å². The first-order valence-corrected chi connectivity index (χ1v) is 14.4. The quantitative estimate of drug-likeness (QED) is 0.372.